The Labute approximate surface area is 212 Å². The number of phenolic OH excluding ortho intramolecular Hbond substituents is 1. The predicted molar refractivity (Wildman–Crippen MR) is 136 cm³/mol. The van der Waals surface area contributed by atoms with E-state index >= 15 is 0 Å². The average molecular weight is 505 g/mol. The Morgan fingerprint density at radius 3 is 2.30 bits per heavy atom. The number of carbonyl (C=O) groups excluding carboxylic acids is 2. The van der Waals surface area contributed by atoms with Crippen LogP contribution >= 0.6 is 0 Å². The van der Waals surface area contributed by atoms with Crippen LogP contribution in [0.2, 0.25) is 0 Å². The number of hydrogen-bond acceptors (Lipinski definition) is 8. The summed E-state index contributed by atoms with van der Waals surface area (Å²) in [6.45, 7) is 4.53. The summed E-state index contributed by atoms with van der Waals surface area (Å²) in [6.07, 6.45) is 4.34. The lowest BCUT2D eigenvalue weighted by molar-refractivity contribution is -0.138. The Morgan fingerprint density at radius 1 is 1.00 bits per heavy atom. The third-order valence-corrected chi connectivity index (χ3v) is 7.03. The lowest BCUT2D eigenvalue weighted by Crippen LogP contribution is -2.33. The van der Waals surface area contributed by atoms with Crippen molar-refractivity contribution >= 4 is 22.8 Å². The molecule has 1 aliphatic carbocycles. The van der Waals surface area contributed by atoms with Gasteiger partial charge in [-0.15, -0.1) is 4.73 Å². The quantitative estimate of drug-likeness (QED) is 0.436. The molecular weight excluding hydrogens is 476 g/mol. The SMILES string of the molecule is CCc1cc2c(cc1CC)CC(NCC(O)c1ccc(O)c3c1cc1c(=O)n3OC(=O)/C=C\C(=O)O1)C2. The summed E-state index contributed by atoms with van der Waals surface area (Å²) in [5, 5.41) is 25.3. The van der Waals surface area contributed by atoms with Crippen molar-refractivity contribution in [3.05, 3.63) is 80.7 Å². The minimum atomic E-state index is -1.03. The first kappa shape index (κ1) is 24.7. The zero-order chi connectivity index (χ0) is 26.3. The summed E-state index contributed by atoms with van der Waals surface area (Å²) in [4.78, 5) is 41.9. The first-order valence-electron chi connectivity index (χ1n) is 12.4. The van der Waals surface area contributed by atoms with Crippen molar-refractivity contribution in [1.82, 2.24) is 10.0 Å². The van der Waals surface area contributed by atoms with E-state index in [1.165, 1.54) is 40.5 Å². The Balaban J connectivity index is 1.43. The maximum atomic E-state index is 12.8. The molecule has 2 bridgehead atoms. The van der Waals surface area contributed by atoms with Gasteiger partial charge in [-0.3, -0.25) is 4.79 Å². The lowest BCUT2D eigenvalue weighted by Gasteiger charge is -2.19. The second-order valence-electron chi connectivity index (χ2n) is 9.34. The fourth-order valence-corrected chi connectivity index (χ4v) is 5.19. The van der Waals surface area contributed by atoms with Gasteiger partial charge in [-0.1, -0.05) is 32.0 Å². The maximum Gasteiger partial charge on any atom is 0.356 e. The van der Waals surface area contributed by atoms with Gasteiger partial charge in [0.25, 0.3) is 0 Å². The van der Waals surface area contributed by atoms with Crippen LogP contribution in [-0.4, -0.2) is 39.5 Å². The Morgan fingerprint density at radius 2 is 1.65 bits per heavy atom. The van der Waals surface area contributed by atoms with Crippen LogP contribution in [0.15, 0.2) is 47.3 Å². The highest BCUT2D eigenvalue weighted by Crippen LogP contribution is 2.33. The Hall–Kier alpha value is -3.95. The number of phenols is 1. The zero-order valence-corrected chi connectivity index (χ0v) is 20.6. The van der Waals surface area contributed by atoms with Crippen molar-refractivity contribution < 1.29 is 29.4 Å². The summed E-state index contributed by atoms with van der Waals surface area (Å²) >= 11 is 0. The molecule has 0 spiro atoms. The molecule has 37 heavy (non-hydrogen) atoms. The smallest absolute Gasteiger partial charge is 0.356 e. The fraction of sp³-hybridized carbons (Fsp3) is 0.321. The number of aryl methyl sites for hydroxylation is 2. The number of aromatic nitrogens is 1. The molecule has 2 heterocycles. The van der Waals surface area contributed by atoms with Crippen molar-refractivity contribution in [1.29, 1.82) is 0 Å². The van der Waals surface area contributed by atoms with E-state index in [-0.39, 0.29) is 29.2 Å². The van der Waals surface area contributed by atoms with E-state index < -0.39 is 29.4 Å². The number of pyridine rings is 1. The number of fused-ring (bicyclic) bond motifs is 5. The Kier molecular flexibility index (Phi) is 6.57. The monoisotopic (exact) mass is 504 g/mol. The number of hydrogen-bond donors (Lipinski definition) is 3. The molecule has 1 unspecified atom stereocenters. The summed E-state index contributed by atoms with van der Waals surface area (Å²) < 4.78 is 5.66. The highest BCUT2D eigenvalue weighted by molar-refractivity contribution is 5.95. The van der Waals surface area contributed by atoms with E-state index in [0.717, 1.165) is 37.8 Å². The van der Waals surface area contributed by atoms with Crippen molar-refractivity contribution in [2.24, 2.45) is 0 Å². The molecule has 1 aromatic heterocycles. The van der Waals surface area contributed by atoms with Crippen LogP contribution in [0, 0.1) is 0 Å². The van der Waals surface area contributed by atoms with Gasteiger partial charge in [0.1, 0.15) is 11.3 Å². The highest BCUT2D eigenvalue weighted by Gasteiger charge is 2.26. The minimum absolute atomic E-state index is 0.113. The fourth-order valence-electron chi connectivity index (χ4n) is 5.19. The predicted octanol–water partition coefficient (Wildman–Crippen LogP) is 2.05. The number of ether oxygens (including phenoxy) is 1. The van der Waals surface area contributed by atoms with Crippen LogP contribution in [0.25, 0.3) is 10.9 Å². The number of esters is 1. The van der Waals surface area contributed by atoms with Gasteiger partial charge < -0.3 is 25.1 Å². The molecule has 0 saturated heterocycles. The van der Waals surface area contributed by atoms with Crippen LogP contribution in [0.3, 0.4) is 0 Å². The topological polar surface area (TPSA) is 127 Å². The van der Waals surface area contributed by atoms with E-state index in [0.29, 0.717) is 10.3 Å². The molecule has 0 amide bonds. The number of nitrogens with zero attached hydrogens (tertiary/aromatic N) is 1. The van der Waals surface area contributed by atoms with Gasteiger partial charge in [0.2, 0.25) is 0 Å². The number of benzene rings is 2. The van der Waals surface area contributed by atoms with Gasteiger partial charge in [-0.2, -0.15) is 0 Å². The third kappa shape index (κ3) is 4.63. The molecule has 9 heteroatoms. The van der Waals surface area contributed by atoms with Crippen LogP contribution in [0.1, 0.15) is 47.8 Å². The van der Waals surface area contributed by atoms with Gasteiger partial charge in [0.15, 0.2) is 5.75 Å². The van der Waals surface area contributed by atoms with Crippen LogP contribution < -0.4 is 20.5 Å². The zero-order valence-electron chi connectivity index (χ0n) is 20.6. The molecule has 1 atom stereocenters. The summed E-state index contributed by atoms with van der Waals surface area (Å²) in [5.74, 6) is -2.66. The molecule has 3 N–H and O–H groups in total. The first-order valence-corrected chi connectivity index (χ1v) is 12.4. The van der Waals surface area contributed by atoms with E-state index in [1.807, 2.05) is 0 Å². The number of nitrogens with one attached hydrogen (secondary N) is 1. The molecule has 2 aliphatic rings. The van der Waals surface area contributed by atoms with Gasteiger partial charge >= 0.3 is 17.5 Å². The summed E-state index contributed by atoms with van der Waals surface area (Å²) in [6, 6.07) is 8.85. The normalized spacial score (nSPS) is 16.9. The lowest BCUT2D eigenvalue weighted by atomic mass is 9.97. The van der Waals surface area contributed by atoms with Gasteiger partial charge in [-0.25, -0.2) is 9.59 Å². The van der Waals surface area contributed by atoms with E-state index in [1.54, 1.807) is 0 Å². The van der Waals surface area contributed by atoms with Crippen LogP contribution in [0.5, 0.6) is 11.5 Å². The standard InChI is InChI=1S/C28H28N2O7/c1-3-15-9-17-11-19(12-18(17)10-16(15)4-2)29-14-23(32)20-5-6-22(31)27-21(20)13-24-28(35)30(27)37-26(34)8-7-25(33)36-24/h5-10,13,19,23,29,31-32H,3-4,11-12,14H2,1-2H3/b8-7-. The van der Waals surface area contributed by atoms with Gasteiger partial charge in [0, 0.05) is 30.1 Å². The number of aliphatic hydroxyl groups is 1. The van der Waals surface area contributed by atoms with E-state index in [9.17, 15) is 24.6 Å². The second kappa shape index (κ2) is 9.84. The average Bonchev–Trinajstić information content (AvgIpc) is 3.29. The molecular formula is C28H28N2O7. The van der Waals surface area contributed by atoms with Crippen molar-refractivity contribution in [2.45, 2.75) is 51.7 Å². The molecule has 0 radical (unpaired) electrons. The van der Waals surface area contributed by atoms with E-state index in [2.05, 4.69) is 31.3 Å². The first-order chi connectivity index (χ1) is 17.8. The Bertz CT molecular complexity index is 1470. The summed E-state index contributed by atoms with van der Waals surface area (Å²) in [7, 11) is 0. The molecule has 192 valence electrons. The molecule has 9 nitrogen and oxygen atoms in total. The van der Waals surface area contributed by atoms with Crippen molar-refractivity contribution in [2.75, 3.05) is 6.54 Å². The summed E-state index contributed by atoms with van der Waals surface area (Å²) in [5.41, 5.74) is 4.73. The molecule has 3 aromatic rings. The van der Waals surface area contributed by atoms with E-state index in [4.69, 9.17) is 9.57 Å². The molecule has 0 fully saturated rings. The van der Waals surface area contributed by atoms with Crippen LogP contribution in [-0.2, 0) is 35.3 Å². The maximum absolute atomic E-state index is 12.8. The van der Waals surface area contributed by atoms with Gasteiger partial charge in [-0.05, 0) is 65.6 Å². The second-order valence-corrected chi connectivity index (χ2v) is 9.34. The number of aromatic hydroxyl groups is 1. The number of rotatable bonds is 6. The van der Waals surface area contributed by atoms with Crippen molar-refractivity contribution in [3.8, 4) is 11.5 Å². The third-order valence-electron chi connectivity index (χ3n) is 7.03. The van der Waals surface area contributed by atoms with Crippen molar-refractivity contribution in [3.63, 3.8) is 0 Å². The molecule has 0 saturated carbocycles. The van der Waals surface area contributed by atoms with Crippen LogP contribution in [0.4, 0.5) is 0 Å². The molecule has 2 aromatic carbocycles. The number of carbonyl (C=O) groups is 2. The minimum Gasteiger partial charge on any atom is -0.506 e. The molecule has 5 rings (SSSR count). The molecule has 1 aliphatic heterocycles. The largest absolute Gasteiger partial charge is 0.506 e. The van der Waals surface area contributed by atoms with Gasteiger partial charge in [0.05, 0.1) is 6.10 Å². The highest BCUT2D eigenvalue weighted by atomic mass is 16.7. The number of aliphatic hydroxyl groups excluding tert-OH is 1.